The largest absolute Gasteiger partial charge is 0.461 e. The van der Waals surface area contributed by atoms with E-state index in [-0.39, 0.29) is 31.0 Å². The number of hydrogen-bond acceptors (Lipinski definition) is 5. The number of nitro benzene ring substituents is 1. The Hall–Kier alpha value is -3.22. The molecule has 0 unspecified atom stereocenters. The van der Waals surface area contributed by atoms with E-state index in [1.54, 1.807) is 6.07 Å². The summed E-state index contributed by atoms with van der Waals surface area (Å²) >= 11 is 0. The highest BCUT2D eigenvalue weighted by atomic mass is 16.6. The van der Waals surface area contributed by atoms with Crippen LogP contribution in [0.25, 0.3) is 0 Å². The number of esters is 1. The second kappa shape index (κ2) is 9.31. The van der Waals surface area contributed by atoms with Crippen LogP contribution in [0.1, 0.15) is 30.9 Å². The molecule has 0 saturated heterocycles. The van der Waals surface area contributed by atoms with Crippen LogP contribution in [0.15, 0.2) is 48.5 Å². The number of anilines is 1. The molecular weight excluding hydrogens is 336 g/mol. The van der Waals surface area contributed by atoms with Crippen LogP contribution in [0.2, 0.25) is 0 Å². The van der Waals surface area contributed by atoms with Crippen LogP contribution in [0, 0.1) is 10.1 Å². The summed E-state index contributed by atoms with van der Waals surface area (Å²) in [6, 6.07) is 13.4. The fourth-order valence-electron chi connectivity index (χ4n) is 2.26. The summed E-state index contributed by atoms with van der Waals surface area (Å²) < 4.78 is 5.05. The highest BCUT2D eigenvalue weighted by Gasteiger charge is 2.10. The van der Waals surface area contributed by atoms with Gasteiger partial charge < -0.3 is 10.1 Å². The van der Waals surface area contributed by atoms with Gasteiger partial charge in [0.1, 0.15) is 6.61 Å². The molecule has 0 spiro atoms. The Labute approximate surface area is 151 Å². The Morgan fingerprint density at radius 2 is 1.81 bits per heavy atom. The molecule has 7 nitrogen and oxygen atoms in total. The average molecular weight is 356 g/mol. The standard InChI is InChI=1S/C19H20N2O5/c1-2-14-6-8-16(9-7-14)20-18(22)10-11-19(23)26-13-15-4-3-5-17(12-15)21(24)25/h3-9,12H,2,10-11,13H2,1H3,(H,20,22). The van der Waals surface area contributed by atoms with Crippen LogP contribution in [0.3, 0.4) is 0 Å². The molecule has 0 aliphatic carbocycles. The molecule has 0 fully saturated rings. The van der Waals surface area contributed by atoms with Crippen LogP contribution in [0.4, 0.5) is 11.4 Å². The molecule has 0 aromatic heterocycles. The van der Waals surface area contributed by atoms with Gasteiger partial charge in [-0.3, -0.25) is 19.7 Å². The Balaban J connectivity index is 1.74. The highest BCUT2D eigenvalue weighted by molar-refractivity contribution is 5.92. The van der Waals surface area contributed by atoms with E-state index in [0.29, 0.717) is 11.3 Å². The molecule has 0 radical (unpaired) electrons. The number of rotatable bonds is 8. The lowest BCUT2D eigenvalue weighted by atomic mass is 10.1. The van der Waals surface area contributed by atoms with Crippen molar-refractivity contribution in [2.24, 2.45) is 0 Å². The summed E-state index contributed by atoms with van der Waals surface area (Å²) in [5.74, 6) is -0.811. The molecule has 7 heteroatoms. The monoisotopic (exact) mass is 356 g/mol. The first kappa shape index (κ1) is 19.1. The number of amides is 1. The Bertz CT molecular complexity index is 787. The van der Waals surface area contributed by atoms with Crippen molar-refractivity contribution in [2.45, 2.75) is 32.8 Å². The molecule has 2 aromatic rings. The van der Waals surface area contributed by atoms with Crippen LogP contribution < -0.4 is 5.32 Å². The van der Waals surface area contributed by atoms with Gasteiger partial charge in [0, 0.05) is 24.2 Å². The van der Waals surface area contributed by atoms with E-state index in [0.717, 1.165) is 6.42 Å². The number of ether oxygens (including phenoxy) is 1. The lowest BCUT2D eigenvalue weighted by molar-refractivity contribution is -0.384. The van der Waals surface area contributed by atoms with Gasteiger partial charge in [-0.2, -0.15) is 0 Å². The molecule has 0 saturated carbocycles. The van der Waals surface area contributed by atoms with E-state index in [1.807, 2.05) is 31.2 Å². The number of carbonyl (C=O) groups is 2. The highest BCUT2D eigenvalue weighted by Crippen LogP contribution is 2.14. The molecule has 2 rings (SSSR count). The number of carbonyl (C=O) groups excluding carboxylic acids is 2. The van der Waals surface area contributed by atoms with Crippen molar-refractivity contribution in [3.05, 3.63) is 69.8 Å². The first-order valence-electron chi connectivity index (χ1n) is 8.25. The van der Waals surface area contributed by atoms with Crippen LogP contribution in [-0.2, 0) is 27.4 Å². The van der Waals surface area contributed by atoms with Crippen molar-refractivity contribution in [1.29, 1.82) is 0 Å². The van der Waals surface area contributed by atoms with Crippen molar-refractivity contribution in [3.63, 3.8) is 0 Å². The number of benzene rings is 2. The minimum absolute atomic E-state index is 0.00327. The van der Waals surface area contributed by atoms with E-state index in [1.165, 1.54) is 23.8 Å². The molecule has 1 N–H and O–H groups in total. The molecule has 136 valence electrons. The summed E-state index contributed by atoms with van der Waals surface area (Å²) in [5.41, 5.74) is 2.31. The average Bonchev–Trinajstić information content (AvgIpc) is 2.65. The normalized spacial score (nSPS) is 10.2. The number of nitro groups is 1. The third-order valence-electron chi connectivity index (χ3n) is 3.72. The molecule has 0 aliphatic rings. The number of aryl methyl sites for hydroxylation is 1. The third-order valence-corrected chi connectivity index (χ3v) is 3.72. The number of hydrogen-bond donors (Lipinski definition) is 1. The zero-order valence-electron chi connectivity index (χ0n) is 14.4. The second-order valence-corrected chi connectivity index (χ2v) is 5.69. The fraction of sp³-hybridized carbons (Fsp3) is 0.263. The van der Waals surface area contributed by atoms with Crippen molar-refractivity contribution in [3.8, 4) is 0 Å². The van der Waals surface area contributed by atoms with Crippen LogP contribution >= 0.6 is 0 Å². The van der Waals surface area contributed by atoms with E-state index in [4.69, 9.17) is 4.74 Å². The van der Waals surface area contributed by atoms with Crippen molar-refractivity contribution < 1.29 is 19.2 Å². The SMILES string of the molecule is CCc1ccc(NC(=O)CCC(=O)OCc2cccc([N+](=O)[O-])c2)cc1. The summed E-state index contributed by atoms with van der Waals surface area (Å²) in [5, 5.41) is 13.4. The van der Waals surface area contributed by atoms with Gasteiger partial charge in [0.2, 0.25) is 5.91 Å². The van der Waals surface area contributed by atoms with Gasteiger partial charge in [0.25, 0.3) is 5.69 Å². The van der Waals surface area contributed by atoms with Gasteiger partial charge in [-0.1, -0.05) is 31.2 Å². The minimum atomic E-state index is -0.534. The lowest BCUT2D eigenvalue weighted by Crippen LogP contribution is -2.14. The van der Waals surface area contributed by atoms with Gasteiger partial charge in [-0.15, -0.1) is 0 Å². The van der Waals surface area contributed by atoms with Crippen LogP contribution in [0.5, 0.6) is 0 Å². The predicted octanol–water partition coefficient (Wildman–Crippen LogP) is 3.62. The maximum Gasteiger partial charge on any atom is 0.306 e. The van der Waals surface area contributed by atoms with Gasteiger partial charge >= 0.3 is 5.97 Å². The molecule has 0 atom stereocenters. The summed E-state index contributed by atoms with van der Waals surface area (Å²) in [4.78, 5) is 33.8. The lowest BCUT2D eigenvalue weighted by Gasteiger charge is -2.07. The quantitative estimate of drug-likeness (QED) is 0.442. The number of nitrogens with zero attached hydrogens (tertiary/aromatic N) is 1. The van der Waals surface area contributed by atoms with Crippen molar-refractivity contribution in [1.82, 2.24) is 0 Å². The zero-order chi connectivity index (χ0) is 18.9. The Morgan fingerprint density at radius 1 is 1.08 bits per heavy atom. The summed E-state index contributed by atoms with van der Waals surface area (Å²) in [6.45, 7) is 1.98. The van der Waals surface area contributed by atoms with Crippen molar-refractivity contribution >= 4 is 23.3 Å². The topological polar surface area (TPSA) is 98.5 Å². The minimum Gasteiger partial charge on any atom is -0.461 e. The van der Waals surface area contributed by atoms with Crippen molar-refractivity contribution in [2.75, 3.05) is 5.32 Å². The molecule has 1 amide bonds. The maximum atomic E-state index is 11.9. The van der Waals surface area contributed by atoms with E-state index in [9.17, 15) is 19.7 Å². The predicted molar refractivity (Wildman–Crippen MR) is 96.6 cm³/mol. The third kappa shape index (κ3) is 6.01. The molecular formula is C19H20N2O5. The second-order valence-electron chi connectivity index (χ2n) is 5.69. The first-order chi connectivity index (χ1) is 12.5. The van der Waals surface area contributed by atoms with E-state index < -0.39 is 10.9 Å². The van der Waals surface area contributed by atoms with E-state index in [2.05, 4.69) is 5.32 Å². The number of nitrogens with one attached hydrogen (secondary N) is 1. The number of non-ortho nitro benzene ring substituents is 1. The van der Waals surface area contributed by atoms with Gasteiger partial charge in [0.05, 0.1) is 11.3 Å². The molecule has 0 heterocycles. The Kier molecular flexibility index (Phi) is 6.84. The van der Waals surface area contributed by atoms with Gasteiger partial charge in [-0.25, -0.2) is 0 Å². The fourth-order valence-corrected chi connectivity index (χ4v) is 2.26. The van der Waals surface area contributed by atoms with Gasteiger partial charge in [0.15, 0.2) is 0 Å². The summed E-state index contributed by atoms with van der Waals surface area (Å²) in [7, 11) is 0. The van der Waals surface area contributed by atoms with E-state index >= 15 is 0 Å². The maximum absolute atomic E-state index is 11.9. The van der Waals surface area contributed by atoms with Gasteiger partial charge in [-0.05, 0) is 29.7 Å². The summed E-state index contributed by atoms with van der Waals surface area (Å²) in [6.07, 6.45) is 0.863. The van der Waals surface area contributed by atoms with Crippen LogP contribution in [-0.4, -0.2) is 16.8 Å². The first-order valence-corrected chi connectivity index (χ1v) is 8.25. The zero-order valence-corrected chi connectivity index (χ0v) is 14.4. The molecule has 26 heavy (non-hydrogen) atoms. The molecule has 0 aliphatic heterocycles. The smallest absolute Gasteiger partial charge is 0.306 e. The Morgan fingerprint density at radius 3 is 2.46 bits per heavy atom. The molecule has 2 aromatic carbocycles. The molecule has 0 bridgehead atoms.